The number of carbonyl (C=O) groups excluding carboxylic acids is 3. The zero-order valence-electron chi connectivity index (χ0n) is 18.1. The third kappa shape index (κ3) is 7.17. The number of phenolic OH excluding ortho intramolecular Hbond substituents is 1. The molecule has 1 aliphatic rings. The number of aliphatic carboxylic acids is 2. The molecule has 1 saturated heterocycles. The van der Waals surface area contributed by atoms with Crippen molar-refractivity contribution in [1.82, 2.24) is 15.5 Å². The largest absolute Gasteiger partial charge is 0.508 e. The first kappa shape index (κ1) is 25.6. The molecule has 12 heteroatoms. The summed E-state index contributed by atoms with van der Waals surface area (Å²) in [5.41, 5.74) is 6.26. The molecule has 33 heavy (non-hydrogen) atoms. The van der Waals surface area contributed by atoms with Crippen molar-refractivity contribution in [2.45, 2.75) is 56.8 Å². The van der Waals surface area contributed by atoms with E-state index < -0.39 is 60.2 Å². The molecule has 0 radical (unpaired) electrons. The molecule has 3 amide bonds. The average molecular weight is 464 g/mol. The molecule has 180 valence electrons. The minimum absolute atomic E-state index is 0.00336. The first-order valence-electron chi connectivity index (χ1n) is 10.4. The zero-order chi connectivity index (χ0) is 24.7. The molecule has 0 aromatic heterocycles. The van der Waals surface area contributed by atoms with Crippen LogP contribution in [-0.4, -0.2) is 80.6 Å². The van der Waals surface area contributed by atoms with Crippen LogP contribution < -0.4 is 16.4 Å². The quantitative estimate of drug-likeness (QED) is 0.246. The molecule has 1 aromatic rings. The Kier molecular flexibility index (Phi) is 8.74. The number of carboxylic acid groups (broad SMARTS) is 2. The smallest absolute Gasteiger partial charge is 0.325 e. The van der Waals surface area contributed by atoms with Crippen molar-refractivity contribution in [1.29, 1.82) is 0 Å². The summed E-state index contributed by atoms with van der Waals surface area (Å²) in [6.07, 6.45) is 0.219. The molecule has 2 rings (SSSR count). The molecule has 4 unspecified atom stereocenters. The van der Waals surface area contributed by atoms with Crippen molar-refractivity contribution in [2.75, 3.05) is 6.54 Å². The molecule has 0 saturated carbocycles. The number of likely N-dealkylation sites (tertiary alicyclic amines) is 1. The Morgan fingerprint density at radius 2 is 1.76 bits per heavy atom. The molecule has 0 bridgehead atoms. The van der Waals surface area contributed by atoms with Crippen LogP contribution in [0, 0.1) is 0 Å². The third-order valence-corrected chi connectivity index (χ3v) is 5.29. The number of nitrogens with two attached hydrogens (primary N) is 1. The van der Waals surface area contributed by atoms with Crippen molar-refractivity contribution in [3.63, 3.8) is 0 Å². The van der Waals surface area contributed by atoms with E-state index in [2.05, 4.69) is 10.6 Å². The number of aromatic hydroxyl groups is 1. The van der Waals surface area contributed by atoms with E-state index in [-0.39, 0.29) is 18.7 Å². The highest BCUT2D eigenvalue weighted by Gasteiger charge is 2.38. The lowest BCUT2D eigenvalue weighted by atomic mass is 10.0. The second-order valence-electron chi connectivity index (χ2n) is 7.89. The van der Waals surface area contributed by atoms with Gasteiger partial charge in [0.25, 0.3) is 0 Å². The summed E-state index contributed by atoms with van der Waals surface area (Å²) in [5.74, 6) is -4.52. The van der Waals surface area contributed by atoms with Crippen LogP contribution in [-0.2, 0) is 30.4 Å². The van der Waals surface area contributed by atoms with Gasteiger partial charge in [-0.25, -0.2) is 0 Å². The Hall–Kier alpha value is -3.67. The Morgan fingerprint density at radius 3 is 2.33 bits per heavy atom. The van der Waals surface area contributed by atoms with Crippen molar-refractivity contribution in [3.8, 4) is 5.75 Å². The van der Waals surface area contributed by atoms with Gasteiger partial charge < -0.3 is 36.6 Å². The van der Waals surface area contributed by atoms with E-state index >= 15 is 0 Å². The van der Waals surface area contributed by atoms with Gasteiger partial charge in [0, 0.05) is 13.0 Å². The van der Waals surface area contributed by atoms with Crippen LogP contribution in [0.5, 0.6) is 5.75 Å². The number of nitrogens with zero attached hydrogens (tertiary/aromatic N) is 1. The normalized spacial score (nSPS) is 18.1. The van der Waals surface area contributed by atoms with Gasteiger partial charge in [-0.15, -0.1) is 0 Å². The molecule has 1 aliphatic heterocycles. The summed E-state index contributed by atoms with van der Waals surface area (Å²) in [5, 5.41) is 32.3. The summed E-state index contributed by atoms with van der Waals surface area (Å²) in [6.45, 7) is 1.50. The predicted octanol–water partition coefficient (Wildman–Crippen LogP) is -1.20. The van der Waals surface area contributed by atoms with E-state index in [9.17, 15) is 29.1 Å². The average Bonchev–Trinajstić information content (AvgIpc) is 3.23. The highest BCUT2D eigenvalue weighted by molar-refractivity contribution is 5.95. The van der Waals surface area contributed by atoms with Crippen molar-refractivity contribution >= 4 is 29.7 Å². The van der Waals surface area contributed by atoms with Crippen LogP contribution >= 0.6 is 0 Å². The van der Waals surface area contributed by atoms with Gasteiger partial charge in [-0.2, -0.15) is 0 Å². The first-order chi connectivity index (χ1) is 15.5. The minimum Gasteiger partial charge on any atom is -0.508 e. The molecule has 0 spiro atoms. The van der Waals surface area contributed by atoms with Crippen LogP contribution in [0.1, 0.15) is 31.7 Å². The number of rotatable bonds is 10. The Bertz CT molecular complexity index is 904. The van der Waals surface area contributed by atoms with E-state index in [1.54, 1.807) is 12.1 Å². The number of carbonyl (C=O) groups is 5. The summed E-state index contributed by atoms with van der Waals surface area (Å²) in [4.78, 5) is 61.4. The highest BCUT2D eigenvalue weighted by atomic mass is 16.4. The fourth-order valence-electron chi connectivity index (χ4n) is 3.51. The number of carboxylic acids is 2. The summed E-state index contributed by atoms with van der Waals surface area (Å²) < 4.78 is 0. The highest BCUT2D eigenvalue weighted by Crippen LogP contribution is 2.19. The molecule has 4 atom stereocenters. The fourth-order valence-corrected chi connectivity index (χ4v) is 3.51. The second-order valence-corrected chi connectivity index (χ2v) is 7.89. The molecule has 0 aliphatic carbocycles. The topological polar surface area (TPSA) is 199 Å². The van der Waals surface area contributed by atoms with Crippen molar-refractivity contribution in [3.05, 3.63) is 29.8 Å². The van der Waals surface area contributed by atoms with Gasteiger partial charge in [0.2, 0.25) is 17.7 Å². The van der Waals surface area contributed by atoms with Gasteiger partial charge in [0.15, 0.2) is 0 Å². The SMILES string of the molecule is CC(NC(=O)C(Cc1ccc(O)cc1)NC(=O)C1CCCN1C(=O)C(N)CC(=O)O)C(=O)O. The summed E-state index contributed by atoms with van der Waals surface area (Å²) >= 11 is 0. The molecular weight excluding hydrogens is 436 g/mol. The Balaban J connectivity index is 2.17. The lowest BCUT2D eigenvalue weighted by Gasteiger charge is -2.28. The number of hydrogen-bond acceptors (Lipinski definition) is 7. The Labute approximate surface area is 189 Å². The molecular formula is C21H28N4O8. The van der Waals surface area contributed by atoms with Crippen LogP contribution in [0.25, 0.3) is 0 Å². The van der Waals surface area contributed by atoms with E-state index in [4.69, 9.17) is 15.9 Å². The lowest BCUT2D eigenvalue weighted by molar-refractivity contribution is -0.144. The number of nitrogens with one attached hydrogen (secondary N) is 2. The zero-order valence-corrected chi connectivity index (χ0v) is 18.1. The number of benzene rings is 1. The maximum absolute atomic E-state index is 13.0. The maximum atomic E-state index is 13.0. The lowest BCUT2D eigenvalue weighted by Crippen LogP contribution is -2.57. The Morgan fingerprint density at radius 1 is 1.12 bits per heavy atom. The van der Waals surface area contributed by atoms with E-state index in [0.29, 0.717) is 18.4 Å². The van der Waals surface area contributed by atoms with Crippen LogP contribution in [0.15, 0.2) is 24.3 Å². The molecule has 1 heterocycles. The standard InChI is InChI=1S/C21H28N4O8/c1-11(21(32)33)23-18(29)15(9-12-4-6-13(26)7-5-12)24-19(30)16-3-2-8-25(16)20(31)14(22)10-17(27)28/h4-7,11,14-16,26H,2-3,8-10,22H2,1H3,(H,23,29)(H,24,30)(H,27,28)(H,32,33). The van der Waals surface area contributed by atoms with Crippen LogP contribution in [0.2, 0.25) is 0 Å². The molecule has 1 fully saturated rings. The second kappa shape index (κ2) is 11.3. The summed E-state index contributed by atoms with van der Waals surface area (Å²) in [7, 11) is 0. The third-order valence-electron chi connectivity index (χ3n) is 5.29. The summed E-state index contributed by atoms with van der Waals surface area (Å²) in [6, 6.07) is 1.33. The van der Waals surface area contributed by atoms with Gasteiger partial charge in [-0.05, 0) is 37.5 Å². The van der Waals surface area contributed by atoms with E-state index in [1.165, 1.54) is 24.0 Å². The van der Waals surface area contributed by atoms with Gasteiger partial charge in [-0.3, -0.25) is 24.0 Å². The first-order valence-corrected chi connectivity index (χ1v) is 10.4. The molecule has 1 aromatic carbocycles. The van der Waals surface area contributed by atoms with Crippen molar-refractivity contribution in [2.24, 2.45) is 5.73 Å². The number of hydrogen-bond donors (Lipinski definition) is 6. The van der Waals surface area contributed by atoms with E-state index in [0.717, 1.165) is 0 Å². The minimum atomic E-state index is -1.30. The predicted molar refractivity (Wildman–Crippen MR) is 114 cm³/mol. The fraction of sp³-hybridized carbons (Fsp3) is 0.476. The number of amides is 3. The van der Waals surface area contributed by atoms with Crippen LogP contribution in [0.3, 0.4) is 0 Å². The monoisotopic (exact) mass is 464 g/mol. The van der Waals surface area contributed by atoms with Gasteiger partial charge in [0.05, 0.1) is 12.5 Å². The maximum Gasteiger partial charge on any atom is 0.325 e. The van der Waals surface area contributed by atoms with Gasteiger partial charge >= 0.3 is 11.9 Å². The van der Waals surface area contributed by atoms with E-state index in [1.807, 2.05) is 0 Å². The van der Waals surface area contributed by atoms with Gasteiger partial charge in [-0.1, -0.05) is 12.1 Å². The molecule has 7 N–H and O–H groups in total. The molecule has 12 nitrogen and oxygen atoms in total. The van der Waals surface area contributed by atoms with Crippen LogP contribution in [0.4, 0.5) is 0 Å². The van der Waals surface area contributed by atoms with Gasteiger partial charge in [0.1, 0.15) is 23.9 Å². The number of phenols is 1. The van der Waals surface area contributed by atoms with Crippen molar-refractivity contribution < 1.29 is 39.3 Å².